The quantitative estimate of drug-likeness (QED) is 0.276. The van der Waals surface area contributed by atoms with E-state index in [1.807, 2.05) is 66.7 Å². The number of carbonyl (C=O) groups is 2. The predicted octanol–water partition coefficient (Wildman–Crippen LogP) is 4.59. The van der Waals surface area contributed by atoms with Crippen molar-refractivity contribution in [3.05, 3.63) is 176 Å². The molecular weight excluding hydrogens is 502 g/mol. The Bertz CT molecular complexity index is 1630. The van der Waals surface area contributed by atoms with Gasteiger partial charge in [0.15, 0.2) is 0 Å². The molecule has 7 heteroatoms. The Kier molecular flexibility index (Phi) is 7.92. The molecule has 5 aromatic rings. The van der Waals surface area contributed by atoms with Gasteiger partial charge in [-0.05, 0) is 41.0 Å². The molecule has 0 saturated heterocycles. The van der Waals surface area contributed by atoms with E-state index in [9.17, 15) is 19.2 Å². The third kappa shape index (κ3) is 5.89. The first kappa shape index (κ1) is 26.3. The molecule has 0 aliphatic carbocycles. The Balaban J connectivity index is 1.51. The normalized spacial score (nSPS) is 10.7. The number of aromatic nitrogens is 2. The second-order valence-corrected chi connectivity index (χ2v) is 9.36. The van der Waals surface area contributed by atoms with Crippen LogP contribution in [0.5, 0.6) is 0 Å². The van der Waals surface area contributed by atoms with E-state index in [0.29, 0.717) is 5.56 Å². The van der Waals surface area contributed by atoms with Crippen molar-refractivity contribution in [2.24, 2.45) is 0 Å². The fraction of sp³-hybridized carbons (Fsp3) is 0.0909. The first-order valence-electron chi connectivity index (χ1n) is 12.9. The van der Waals surface area contributed by atoms with Gasteiger partial charge >= 0.3 is 0 Å². The average molecular weight is 530 g/mol. The first-order chi connectivity index (χ1) is 19.5. The Morgan fingerprint density at radius 1 is 0.500 bits per heavy atom. The number of hydrogen-bond donors (Lipinski definition) is 0. The van der Waals surface area contributed by atoms with E-state index in [2.05, 4.69) is 0 Å². The highest BCUT2D eigenvalue weighted by Crippen LogP contribution is 2.13. The zero-order chi connectivity index (χ0) is 27.9. The SMILES string of the molecule is O=C(c1cccn(Cc2ccccc2)c1=O)N(Cc1ccccc1)C(=O)c1cccn(Cc2ccccc2)c1=O. The number of pyridine rings is 2. The molecule has 3 aromatic carbocycles. The zero-order valence-electron chi connectivity index (χ0n) is 21.7. The number of amides is 2. The minimum atomic E-state index is -0.765. The molecule has 2 aromatic heterocycles. The maximum Gasteiger partial charge on any atom is 0.266 e. The maximum absolute atomic E-state index is 13.9. The molecule has 7 nitrogen and oxygen atoms in total. The van der Waals surface area contributed by atoms with Crippen molar-refractivity contribution in [2.75, 3.05) is 0 Å². The molecule has 0 saturated carbocycles. The minimum Gasteiger partial charge on any atom is -0.310 e. The van der Waals surface area contributed by atoms with Crippen LogP contribution in [-0.2, 0) is 19.6 Å². The Morgan fingerprint density at radius 2 is 0.875 bits per heavy atom. The minimum absolute atomic E-state index is 0.0987. The highest BCUT2D eigenvalue weighted by Gasteiger charge is 2.28. The van der Waals surface area contributed by atoms with E-state index in [4.69, 9.17) is 0 Å². The molecule has 0 radical (unpaired) electrons. The van der Waals surface area contributed by atoms with Crippen LogP contribution in [0.15, 0.2) is 137 Å². The Morgan fingerprint density at radius 3 is 1.27 bits per heavy atom. The van der Waals surface area contributed by atoms with Gasteiger partial charge in [0.25, 0.3) is 22.9 Å². The lowest BCUT2D eigenvalue weighted by atomic mass is 10.1. The van der Waals surface area contributed by atoms with Crippen LogP contribution in [0.3, 0.4) is 0 Å². The molecule has 2 heterocycles. The predicted molar refractivity (Wildman–Crippen MR) is 153 cm³/mol. The first-order valence-corrected chi connectivity index (χ1v) is 12.9. The second-order valence-electron chi connectivity index (χ2n) is 9.36. The third-order valence-electron chi connectivity index (χ3n) is 6.57. The summed E-state index contributed by atoms with van der Waals surface area (Å²) in [6.07, 6.45) is 3.21. The highest BCUT2D eigenvalue weighted by atomic mass is 16.2. The maximum atomic E-state index is 13.9. The standard InChI is InChI=1S/C33H27N3O4/c37-30-28(18-10-20-34(30)22-25-12-4-1-5-13-25)32(39)36(24-27-16-8-3-9-17-27)33(40)29-19-11-21-35(31(29)38)23-26-14-6-2-7-15-26/h1-21H,22-24H2. The van der Waals surface area contributed by atoms with E-state index in [-0.39, 0.29) is 30.8 Å². The molecular formula is C33H27N3O4. The van der Waals surface area contributed by atoms with Gasteiger partial charge < -0.3 is 9.13 Å². The van der Waals surface area contributed by atoms with E-state index in [1.54, 1.807) is 48.8 Å². The Hall–Kier alpha value is -5.30. The van der Waals surface area contributed by atoms with Gasteiger partial charge in [-0.15, -0.1) is 0 Å². The molecule has 2 amide bonds. The topological polar surface area (TPSA) is 81.4 Å². The van der Waals surface area contributed by atoms with E-state index in [0.717, 1.165) is 16.0 Å². The summed E-state index contributed by atoms with van der Waals surface area (Å²) in [5.41, 5.74) is 1.15. The lowest BCUT2D eigenvalue weighted by Crippen LogP contribution is -2.42. The van der Waals surface area contributed by atoms with Crippen LogP contribution < -0.4 is 11.1 Å². The number of rotatable bonds is 8. The number of nitrogens with zero attached hydrogens (tertiary/aromatic N) is 3. The summed E-state index contributed by atoms with van der Waals surface area (Å²) in [4.78, 5) is 55.5. The van der Waals surface area contributed by atoms with Gasteiger partial charge in [0.2, 0.25) is 0 Å². The van der Waals surface area contributed by atoms with E-state index in [1.165, 1.54) is 21.3 Å². The average Bonchev–Trinajstić information content (AvgIpc) is 2.99. The summed E-state index contributed by atoms with van der Waals surface area (Å²) >= 11 is 0. The summed E-state index contributed by atoms with van der Waals surface area (Å²) in [7, 11) is 0. The molecule has 0 bridgehead atoms. The van der Waals surface area contributed by atoms with Crippen LogP contribution >= 0.6 is 0 Å². The summed E-state index contributed by atoms with van der Waals surface area (Å²) in [5, 5.41) is 0. The fourth-order valence-electron chi connectivity index (χ4n) is 4.50. The molecule has 0 aliphatic heterocycles. The molecule has 0 N–H and O–H groups in total. The van der Waals surface area contributed by atoms with Crippen molar-refractivity contribution in [1.29, 1.82) is 0 Å². The summed E-state index contributed by atoms with van der Waals surface area (Å²) in [5.74, 6) is -1.53. The summed E-state index contributed by atoms with van der Waals surface area (Å²) in [6.45, 7) is 0.450. The Labute approximate surface area is 231 Å². The van der Waals surface area contributed by atoms with Crippen molar-refractivity contribution >= 4 is 11.8 Å². The smallest absolute Gasteiger partial charge is 0.266 e. The van der Waals surface area contributed by atoms with Crippen LogP contribution in [0.1, 0.15) is 37.4 Å². The number of benzene rings is 3. The van der Waals surface area contributed by atoms with Gasteiger partial charge in [0, 0.05) is 12.4 Å². The summed E-state index contributed by atoms with van der Waals surface area (Å²) < 4.78 is 2.87. The molecule has 0 fully saturated rings. The number of hydrogen-bond acceptors (Lipinski definition) is 4. The second kappa shape index (κ2) is 12.0. The van der Waals surface area contributed by atoms with Gasteiger partial charge in [0.05, 0.1) is 19.6 Å². The third-order valence-corrected chi connectivity index (χ3v) is 6.57. The van der Waals surface area contributed by atoms with Gasteiger partial charge in [-0.3, -0.25) is 24.1 Å². The van der Waals surface area contributed by atoms with Crippen molar-refractivity contribution in [1.82, 2.24) is 14.0 Å². The molecule has 0 unspecified atom stereocenters. The van der Waals surface area contributed by atoms with Crippen LogP contribution in [-0.4, -0.2) is 25.8 Å². The van der Waals surface area contributed by atoms with Gasteiger partial charge in [-0.25, -0.2) is 0 Å². The summed E-state index contributed by atoms with van der Waals surface area (Å²) in [6, 6.07) is 33.9. The van der Waals surface area contributed by atoms with Crippen LogP contribution in [0, 0.1) is 0 Å². The van der Waals surface area contributed by atoms with Gasteiger partial charge in [0.1, 0.15) is 11.1 Å². The largest absolute Gasteiger partial charge is 0.310 e. The van der Waals surface area contributed by atoms with Crippen LogP contribution in [0.4, 0.5) is 0 Å². The van der Waals surface area contributed by atoms with Crippen molar-refractivity contribution in [2.45, 2.75) is 19.6 Å². The lowest BCUT2D eigenvalue weighted by Gasteiger charge is -2.21. The van der Waals surface area contributed by atoms with Crippen LogP contribution in [0.2, 0.25) is 0 Å². The van der Waals surface area contributed by atoms with Crippen molar-refractivity contribution in [3.63, 3.8) is 0 Å². The van der Waals surface area contributed by atoms with E-state index < -0.39 is 22.9 Å². The molecule has 0 aliphatic rings. The molecule has 0 spiro atoms. The highest BCUT2D eigenvalue weighted by molar-refractivity contribution is 6.10. The number of carbonyl (C=O) groups excluding carboxylic acids is 2. The van der Waals surface area contributed by atoms with E-state index >= 15 is 0 Å². The molecule has 5 rings (SSSR count). The van der Waals surface area contributed by atoms with Crippen molar-refractivity contribution < 1.29 is 9.59 Å². The molecule has 198 valence electrons. The monoisotopic (exact) mass is 529 g/mol. The lowest BCUT2D eigenvalue weighted by molar-refractivity contribution is 0.0601. The van der Waals surface area contributed by atoms with Gasteiger partial charge in [-0.2, -0.15) is 0 Å². The zero-order valence-corrected chi connectivity index (χ0v) is 21.7. The molecule has 0 atom stereocenters. The van der Waals surface area contributed by atoms with Crippen molar-refractivity contribution in [3.8, 4) is 0 Å². The fourth-order valence-corrected chi connectivity index (χ4v) is 4.50. The number of imide groups is 1. The van der Waals surface area contributed by atoms with Gasteiger partial charge in [-0.1, -0.05) is 91.0 Å². The molecule has 40 heavy (non-hydrogen) atoms. The van der Waals surface area contributed by atoms with Crippen LogP contribution in [0.25, 0.3) is 0 Å².